The van der Waals surface area contributed by atoms with Crippen molar-refractivity contribution in [1.82, 2.24) is 15.5 Å². The molecule has 0 saturated carbocycles. The van der Waals surface area contributed by atoms with E-state index in [1.165, 1.54) is 25.9 Å². The molecule has 0 unspecified atom stereocenters. The summed E-state index contributed by atoms with van der Waals surface area (Å²) in [5, 5.41) is 16.2. The van der Waals surface area contributed by atoms with Gasteiger partial charge in [-0.05, 0) is 63.5 Å². The lowest BCUT2D eigenvalue weighted by atomic mass is 9.79. The summed E-state index contributed by atoms with van der Waals surface area (Å²) < 4.78 is 0. The van der Waals surface area contributed by atoms with Crippen LogP contribution < -0.4 is 10.6 Å². The van der Waals surface area contributed by atoms with Crippen molar-refractivity contribution >= 4 is 29.9 Å². The molecule has 0 aromatic heterocycles. The number of hydrogen-bond donors (Lipinski definition) is 3. The van der Waals surface area contributed by atoms with Crippen LogP contribution in [0.1, 0.15) is 59.8 Å². The second kappa shape index (κ2) is 14.0. The van der Waals surface area contributed by atoms with Gasteiger partial charge in [-0.2, -0.15) is 0 Å². The number of nitrogens with one attached hydrogen (secondary N) is 2. The first-order chi connectivity index (χ1) is 11.6. The van der Waals surface area contributed by atoms with Crippen molar-refractivity contribution in [2.24, 2.45) is 16.3 Å². The van der Waals surface area contributed by atoms with Crippen LogP contribution in [0.25, 0.3) is 0 Å². The van der Waals surface area contributed by atoms with E-state index in [0.29, 0.717) is 0 Å². The number of nitrogens with zero attached hydrogens (tertiary/aromatic N) is 2. The predicted octanol–water partition coefficient (Wildman–Crippen LogP) is 3.08. The highest BCUT2D eigenvalue weighted by atomic mass is 127. The van der Waals surface area contributed by atoms with Crippen molar-refractivity contribution in [3.8, 4) is 0 Å². The minimum atomic E-state index is 0. The molecule has 3 N–H and O–H groups in total. The third-order valence-electron chi connectivity index (χ3n) is 5.66. The molecule has 1 aliphatic heterocycles. The molecule has 0 radical (unpaired) electrons. The number of hydrogen-bond acceptors (Lipinski definition) is 3. The summed E-state index contributed by atoms with van der Waals surface area (Å²) >= 11 is 0. The molecule has 150 valence electrons. The van der Waals surface area contributed by atoms with Gasteiger partial charge in [-0.25, -0.2) is 0 Å². The number of piperidine rings is 1. The van der Waals surface area contributed by atoms with E-state index in [4.69, 9.17) is 4.99 Å². The van der Waals surface area contributed by atoms with Gasteiger partial charge in [-0.15, -0.1) is 24.0 Å². The van der Waals surface area contributed by atoms with Crippen molar-refractivity contribution in [2.75, 3.05) is 45.9 Å². The van der Waals surface area contributed by atoms with Crippen LogP contribution in [0.4, 0.5) is 0 Å². The molecule has 1 heterocycles. The van der Waals surface area contributed by atoms with Gasteiger partial charge in [0.2, 0.25) is 0 Å². The van der Waals surface area contributed by atoms with E-state index >= 15 is 0 Å². The minimum Gasteiger partial charge on any atom is -0.396 e. The van der Waals surface area contributed by atoms with Crippen LogP contribution in [0.2, 0.25) is 0 Å². The normalized spacial score (nSPS) is 17.2. The number of guanidine groups is 1. The van der Waals surface area contributed by atoms with Gasteiger partial charge in [0.05, 0.1) is 0 Å². The average molecular weight is 468 g/mol. The zero-order valence-electron chi connectivity index (χ0n) is 16.8. The lowest BCUT2D eigenvalue weighted by molar-refractivity contribution is 0.175. The topological polar surface area (TPSA) is 59.9 Å². The van der Waals surface area contributed by atoms with Gasteiger partial charge >= 0.3 is 0 Å². The van der Waals surface area contributed by atoms with Gasteiger partial charge < -0.3 is 20.6 Å². The number of likely N-dealkylation sites (tertiary alicyclic amines) is 1. The van der Waals surface area contributed by atoms with E-state index in [9.17, 15) is 5.11 Å². The summed E-state index contributed by atoms with van der Waals surface area (Å²) in [6, 6.07) is 0. The SMILES string of the molecule is CCNC(=NCC(CC)(CC)CCO)NCCN1CCC(C)CC1.I. The maximum atomic E-state index is 9.35. The number of aliphatic hydroxyl groups excluding tert-OH is 1. The summed E-state index contributed by atoms with van der Waals surface area (Å²) in [7, 11) is 0. The van der Waals surface area contributed by atoms with Gasteiger partial charge in [0.1, 0.15) is 0 Å². The van der Waals surface area contributed by atoms with Crippen LogP contribution in [0.5, 0.6) is 0 Å². The average Bonchev–Trinajstić information content (AvgIpc) is 2.60. The molecule has 0 amide bonds. The van der Waals surface area contributed by atoms with Gasteiger partial charge in [-0.3, -0.25) is 4.99 Å². The molecular weight excluding hydrogens is 427 g/mol. The second-order valence-electron chi connectivity index (χ2n) is 7.33. The van der Waals surface area contributed by atoms with Crippen LogP contribution in [-0.4, -0.2) is 61.8 Å². The van der Waals surface area contributed by atoms with E-state index in [2.05, 4.69) is 43.2 Å². The zero-order valence-corrected chi connectivity index (χ0v) is 19.1. The standard InChI is InChI=1S/C19H40N4O.HI/c1-5-19(6-2,10-15-24)16-22-18(20-7-3)21-11-14-23-12-8-17(4)9-13-23;/h17,24H,5-16H2,1-4H3,(H2,20,21,22);1H. The maximum Gasteiger partial charge on any atom is 0.191 e. The van der Waals surface area contributed by atoms with Crippen molar-refractivity contribution in [3.05, 3.63) is 0 Å². The van der Waals surface area contributed by atoms with Crippen molar-refractivity contribution in [2.45, 2.75) is 59.8 Å². The third-order valence-corrected chi connectivity index (χ3v) is 5.66. The van der Waals surface area contributed by atoms with Crippen molar-refractivity contribution in [1.29, 1.82) is 0 Å². The predicted molar refractivity (Wildman–Crippen MR) is 119 cm³/mol. The van der Waals surface area contributed by atoms with Crippen molar-refractivity contribution in [3.63, 3.8) is 0 Å². The molecule has 25 heavy (non-hydrogen) atoms. The first-order valence-electron chi connectivity index (χ1n) is 9.94. The fraction of sp³-hybridized carbons (Fsp3) is 0.947. The number of halogens is 1. The molecule has 1 aliphatic rings. The molecule has 6 heteroatoms. The monoisotopic (exact) mass is 468 g/mol. The van der Waals surface area contributed by atoms with Gasteiger partial charge in [-0.1, -0.05) is 20.8 Å². The molecule has 0 aromatic carbocycles. The number of rotatable bonds is 10. The first kappa shape index (κ1) is 24.9. The summed E-state index contributed by atoms with van der Waals surface area (Å²) in [5.74, 6) is 1.79. The van der Waals surface area contributed by atoms with E-state index in [-0.39, 0.29) is 36.0 Å². The Morgan fingerprint density at radius 3 is 2.32 bits per heavy atom. The maximum absolute atomic E-state index is 9.35. The lowest BCUT2D eigenvalue weighted by Gasteiger charge is -2.31. The van der Waals surface area contributed by atoms with Gasteiger partial charge in [0, 0.05) is 32.8 Å². The first-order valence-corrected chi connectivity index (χ1v) is 9.94. The van der Waals surface area contributed by atoms with Crippen LogP contribution in [0.15, 0.2) is 4.99 Å². The molecule has 5 nitrogen and oxygen atoms in total. The summed E-state index contributed by atoms with van der Waals surface area (Å²) in [5.41, 5.74) is 0.125. The van der Waals surface area contributed by atoms with Crippen LogP contribution in [0.3, 0.4) is 0 Å². The summed E-state index contributed by atoms with van der Waals surface area (Å²) in [6.07, 6.45) is 5.59. The molecule has 0 bridgehead atoms. The highest BCUT2D eigenvalue weighted by Gasteiger charge is 2.25. The fourth-order valence-corrected chi connectivity index (χ4v) is 3.35. The quantitative estimate of drug-likeness (QED) is 0.262. The Labute approximate surface area is 172 Å². The van der Waals surface area contributed by atoms with Crippen LogP contribution in [0, 0.1) is 11.3 Å². The Kier molecular flexibility index (Phi) is 14.0. The molecule has 1 saturated heterocycles. The third kappa shape index (κ3) is 9.43. The smallest absolute Gasteiger partial charge is 0.191 e. The Bertz CT molecular complexity index is 353. The van der Waals surface area contributed by atoms with Crippen molar-refractivity contribution < 1.29 is 5.11 Å². The van der Waals surface area contributed by atoms with Gasteiger partial charge in [0.25, 0.3) is 0 Å². The molecule has 0 atom stereocenters. The Balaban J connectivity index is 0.00000576. The molecule has 0 spiro atoms. The number of aliphatic hydroxyl groups is 1. The zero-order chi connectivity index (χ0) is 17.8. The van der Waals surface area contributed by atoms with Crippen LogP contribution >= 0.6 is 24.0 Å². The summed E-state index contributed by atoms with van der Waals surface area (Å²) in [6.45, 7) is 15.2. The largest absolute Gasteiger partial charge is 0.396 e. The van der Waals surface area contributed by atoms with E-state index in [1.54, 1.807) is 0 Å². The molecular formula is C19H41IN4O. The molecule has 0 aliphatic carbocycles. The summed E-state index contributed by atoms with van der Waals surface area (Å²) in [4.78, 5) is 7.35. The second-order valence-corrected chi connectivity index (χ2v) is 7.33. The van der Waals surface area contributed by atoms with E-state index < -0.39 is 0 Å². The van der Waals surface area contributed by atoms with E-state index in [1.807, 2.05) is 0 Å². The Morgan fingerprint density at radius 1 is 1.16 bits per heavy atom. The highest BCUT2D eigenvalue weighted by Crippen LogP contribution is 2.30. The fourth-order valence-electron chi connectivity index (χ4n) is 3.35. The molecule has 1 fully saturated rings. The molecule has 1 rings (SSSR count). The lowest BCUT2D eigenvalue weighted by Crippen LogP contribution is -2.43. The number of aliphatic imine (C=N–C) groups is 1. The molecule has 0 aromatic rings. The van der Waals surface area contributed by atoms with Crippen LogP contribution in [-0.2, 0) is 0 Å². The highest BCUT2D eigenvalue weighted by molar-refractivity contribution is 14.0. The minimum absolute atomic E-state index is 0. The Morgan fingerprint density at radius 2 is 1.80 bits per heavy atom. The Hall–Kier alpha value is -0.0800. The van der Waals surface area contributed by atoms with Gasteiger partial charge in [0.15, 0.2) is 5.96 Å². The van der Waals surface area contributed by atoms with E-state index in [0.717, 1.165) is 57.3 Å².